The van der Waals surface area contributed by atoms with Gasteiger partial charge in [-0.3, -0.25) is 4.98 Å². The minimum Gasteiger partial charge on any atom is -0.384 e. The highest BCUT2D eigenvalue weighted by atomic mass is 32.2. The number of pyridine rings is 1. The maximum absolute atomic E-state index is 4.37. The van der Waals surface area contributed by atoms with Crippen molar-refractivity contribution in [2.45, 2.75) is 4.90 Å². The van der Waals surface area contributed by atoms with Crippen molar-refractivity contribution in [1.29, 1.82) is 0 Å². The summed E-state index contributed by atoms with van der Waals surface area (Å²) in [5.74, 6) is 1.04. The topological polar surface area (TPSA) is 24.9 Å². The van der Waals surface area contributed by atoms with Gasteiger partial charge in [0.05, 0.1) is 5.52 Å². The van der Waals surface area contributed by atoms with E-state index in [1.54, 1.807) is 0 Å². The smallest absolute Gasteiger partial charge is 0.0722 e. The molecule has 20 heavy (non-hydrogen) atoms. The Morgan fingerprint density at radius 3 is 2.60 bits per heavy atom. The molecule has 0 radical (unpaired) electrons. The molecule has 2 nitrogen and oxygen atoms in total. The van der Waals surface area contributed by atoms with Crippen LogP contribution in [0.15, 0.2) is 71.8 Å². The van der Waals surface area contributed by atoms with Gasteiger partial charge in [0, 0.05) is 34.5 Å². The summed E-state index contributed by atoms with van der Waals surface area (Å²) in [7, 11) is 0. The molecule has 2 aromatic carbocycles. The Hall–Kier alpha value is -2.00. The molecular formula is C17H16N2S. The lowest BCUT2D eigenvalue weighted by molar-refractivity contribution is 1.22. The van der Waals surface area contributed by atoms with Gasteiger partial charge in [-0.1, -0.05) is 36.4 Å². The van der Waals surface area contributed by atoms with Crippen LogP contribution in [-0.2, 0) is 0 Å². The summed E-state index contributed by atoms with van der Waals surface area (Å²) in [6, 6.07) is 20.7. The summed E-state index contributed by atoms with van der Waals surface area (Å²) in [6.45, 7) is 0.938. The lowest BCUT2D eigenvalue weighted by Gasteiger charge is -2.09. The first-order valence-corrected chi connectivity index (χ1v) is 7.67. The molecule has 100 valence electrons. The molecule has 1 heterocycles. The van der Waals surface area contributed by atoms with Gasteiger partial charge in [-0.15, -0.1) is 11.8 Å². The Bertz CT molecular complexity index is 677. The number of rotatable bonds is 5. The number of aromatic nitrogens is 1. The van der Waals surface area contributed by atoms with Crippen molar-refractivity contribution < 1.29 is 0 Å². The van der Waals surface area contributed by atoms with E-state index in [2.05, 4.69) is 40.6 Å². The third kappa shape index (κ3) is 3.11. The van der Waals surface area contributed by atoms with Crippen molar-refractivity contribution in [3.8, 4) is 0 Å². The highest BCUT2D eigenvalue weighted by Crippen LogP contribution is 2.21. The Kier molecular flexibility index (Phi) is 4.19. The van der Waals surface area contributed by atoms with Crippen LogP contribution in [0.1, 0.15) is 0 Å². The van der Waals surface area contributed by atoms with Gasteiger partial charge in [0.2, 0.25) is 0 Å². The van der Waals surface area contributed by atoms with Crippen molar-refractivity contribution in [3.63, 3.8) is 0 Å². The maximum Gasteiger partial charge on any atom is 0.0722 e. The summed E-state index contributed by atoms with van der Waals surface area (Å²) in [5.41, 5.74) is 2.19. The fraction of sp³-hybridized carbons (Fsp3) is 0.118. The summed E-state index contributed by atoms with van der Waals surface area (Å²) in [4.78, 5) is 5.69. The van der Waals surface area contributed by atoms with E-state index in [4.69, 9.17) is 0 Å². The van der Waals surface area contributed by atoms with Crippen LogP contribution in [0.4, 0.5) is 5.69 Å². The van der Waals surface area contributed by atoms with Gasteiger partial charge in [-0.25, -0.2) is 0 Å². The third-order valence-electron chi connectivity index (χ3n) is 3.08. The highest BCUT2D eigenvalue weighted by Gasteiger charge is 2.00. The molecule has 0 bridgehead atoms. The molecule has 0 spiro atoms. The van der Waals surface area contributed by atoms with Gasteiger partial charge in [-0.2, -0.15) is 0 Å². The SMILES string of the molecule is c1ccc(SCCNc2ccnc3ccccc23)cc1. The molecule has 3 aromatic rings. The number of fused-ring (bicyclic) bond motifs is 1. The van der Waals surface area contributed by atoms with E-state index in [1.807, 2.05) is 48.3 Å². The van der Waals surface area contributed by atoms with E-state index in [-0.39, 0.29) is 0 Å². The maximum atomic E-state index is 4.37. The first kappa shape index (κ1) is 13.0. The fourth-order valence-corrected chi connectivity index (χ4v) is 2.91. The normalized spacial score (nSPS) is 10.6. The Labute approximate surface area is 123 Å². The van der Waals surface area contributed by atoms with Gasteiger partial charge in [0.1, 0.15) is 0 Å². The van der Waals surface area contributed by atoms with Crippen LogP contribution in [0, 0.1) is 0 Å². The number of hydrogen-bond acceptors (Lipinski definition) is 3. The number of benzene rings is 2. The lowest BCUT2D eigenvalue weighted by atomic mass is 10.2. The van der Waals surface area contributed by atoms with Crippen LogP contribution in [0.2, 0.25) is 0 Å². The summed E-state index contributed by atoms with van der Waals surface area (Å²) in [6.07, 6.45) is 1.86. The minimum atomic E-state index is 0.938. The number of thioether (sulfide) groups is 1. The van der Waals surface area contributed by atoms with Crippen molar-refractivity contribution in [2.24, 2.45) is 0 Å². The molecule has 0 atom stereocenters. The number of anilines is 1. The Morgan fingerprint density at radius 1 is 0.900 bits per heavy atom. The molecule has 1 aromatic heterocycles. The Balaban J connectivity index is 1.60. The van der Waals surface area contributed by atoms with Crippen LogP contribution in [0.5, 0.6) is 0 Å². The molecule has 0 aliphatic heterocycles. The van der Waals surface area contributed by atoms with E-state index >= 15 is 0 Å². The average Bonchev–Trinajstić information content (AvgIpc) is 2.53. The van der Waals surface area contributed by atoms with E-state index in [0.29, 0.717) is 0 Å². The minimum absolute atomic E-state index is 0.938. The first-order valence-electron chi connectivity index (χ1n) is 6.69. The van der Waals surface area contributed by atoms with Crippen molar-refractivity contribution in [1.82, 2.24) is 4.98 Å². The molecule has 3 heteroatoms. The van der Waals surface area contributed by atoms with Gasteiger partial charge in [0.15, 0.2) is 0 Å². The predicted octanol–water partition coefficient (Wildman–Crippen LogP) is 4.44. The number of nitrogens with one attached hydrogen (secondary N) is 1. The Morgan fingerprint density at radius 2 is 1.70 bits per heavy atom. The standard InChI is InChI=1S/C17H16N2S/c1-2-6-14(7-3-1)20-13-12-19-17-10-11-18-16-9-5-4-8-15(16)17/h1-11H,12-13H2,(H,18,19). The van der Waals surface area contributed by atoms with Crippen LogP contribution in [-0.4, -0.2) is 17.3 Å². The molecule has 0 aliphatic carbocycles. The van der Waals surface area contributed by atoms with Crippen LogP contribution >= 0.6 is 11.8 Å². The molecule has 0 fully saturated rings. The second-order valence-corrected chi connectivity index (χ2v) is 5.63. The van der Waals surface area contributed by atoms with Crippen LogP contribution in [0.25, 0.3) is 10.9 Å². The fourth-order valence-electron chi connectivity index (χ4n) is 2.12. The summed E-state index contributed by atoms with van der Waals surface area (Å²) >= 11 is 1.87. The van der Waals surface area contributed by atoms with Crippen molar-refractivity contribution in [3.05, 3.63) is 66.9 Å². The molecule has 0 unspecified atom stereocenters. The van der Waals surface area contributed by atoms with E-state index in [9.17, 15) is 0 Å². The second kappa shape index (κ2) is 6.44. The van der Waals surface area contributed by atoms with Gasteiger partial charge >= 0.3 is 0 Å². The number of nitrogens with zero attached hydrogens (tertiary/aromatic N) is 1. The van der Waals surface area contributed by atoms with Gasteiger partial charge < -0.3 is 5.32 Å². The molecule has 3 rings (SSSR count). The van der Waals surface area contributed by atoms with Gasteiger partial charge in [-0.05, 0) is 24.3 Å². The molecular weight excluding hydrogens is 264 g/mol. The molecule has 0 amide bonds. The van der Waals surface area contributed by atoms with E-state index < -0.39 is 0 Å². The lowest BCUT2D eigenvalue weighted by Crippen LogP contribution is -2.04. The first-order chi connectivity index (χ1) is 9.93. The monoisotopic (exact) mass is 280 g/mol. The van der Waals surface area contributed by atoms with Crippen molar-refractivity contribution >= 4 is 28.4 Å². The van der Waals surface area contributed by atoms with E-state index in [0.717, 1.165) is 23.5 Å². The predicted molar refractivity (Wildman–Crippen MR) is 87.4 cm³/mol. The zero-order valence-corrected chi connectivity index (χ0v) is 11.9. The second-order valence-electron chi connectivity index (χ2n) is 4.46. The van der Waals surface area contributed by atoms with E-state index in [1.165, 1.54) is 10.3 Å². The summed E-state index contributed by atoms with van der Waals surface area (Å²) < 4.78 is 0. The molecule has 0 aliphatic rings. The number of hydrogen-bond donors (Lipinski definition) is 1. The zero-order chi connectivity index (χ0) is 13.6. The van der Waals surface area contributed by atoms with Crippen molar-refractivity contribution in [2.75, 3.05) is 17.6 Å². The molecule has 0 saturated carbocycles. The largest absolute Gasteiger partial charge is 0.384 e. The van der Waals surface area contributed by atoms with Gasteiger partial charge in [0.25, 0.3) is 0 Å². The number of para-hydroxylation sites is 1. The zero-order valence-electron chi connectivity index (χ0n) is 11.1. The van der Waals surface area contributed by atoms with Crippen LogP contribution in [0.3, 0.4) is 0 Å². The quantitative estimate of drug-likeness (QED) is 0.552. The average molecular weight is 280 g/mol. The highest BCUT2D eigenvalue weighted by molar-refractivity contribution is 7.99. The molecule has 0 saturated heterocycles. The van der Waals surface area contributed by atoms with Crippen LogP contribution < -0.4 is 5.32 Å². The third-order valence-corrected chi connectivity index (χ3v) is 4.09. The molecule has 1 N–H and O–H groups in total. The summed E-state index contributed by atoms with van der Waals surface area (Å²) in [5, 5.41) is 4.68.